The SMILES string of the molecule is CCCC(C)N(C)CC(=O)c1cccc(Cl)c1. The molecule has 0 aromatic heterocycles. The molecule has 94 valence electrons. The second kappa shape index (κ2) is 6.77. The van der Waals surface area contributed by atoms with Gasteiger partial charge in [-0.2, -0.15) is 0 Å². The maximum absolute atomic E-state index is 12.0. The maximum Gasteiger partial charge on any atom is 0.176 e. The third-order valence-corrected chi connectivity index (χ3v) is 3.23. The lowest BCUT2D eigenvalue weighted by atomic mass is 10.1. The number of carbonyl (C=O) groups is 1. The van der Waals surface area contributed by atoms with Crippen LogP contribution in [0.25, 0.3) is 0 Å². The first-order valence-electron chi connectivity index (χ1n) is 6.03. The van der Waals surface area contributed by atoms with Gasteiger partial charge in [0, 0.05) is 16.6 Å². The van der Waals surface area contributed by atoms with Gasteiger partial charge in [-0.25, -0.2) is 0 Å². The van der Waals surface area contributed by atoms with E-state index < -0.39 is 0 Å². The molecule has 17 heavy (non-hydrogen) atoms. The minimum Gasteiger partial charge on any atom is -0.296 e. The van der Waals surface area contributed by atoms with Crippen molar-refractivity contribution in [1.29, 1.82) is 0 Å². The summed E-state index contributed by atoms with van der Waals surface area (Å²) in [6.07, 6.45) is 2.25. The van der Waals surface area contributed by atoms with Gasteiger partial charge in [-0.05, 0) is 32.5 Å². The molecule has 1 atom stereocenters. The molecule has 0 N–H and O–H groups in total. The fourth-order valence-corrected chi connectivity index (χ4v) is 1.96. The van der Waals surface area contributed by atoms with Crippen LogP contribution in [0.5, 0.6) is 0 Å². The van der Waals surface area contributed by atoms with Gasteiger partial charge in [0.1, 0.15) is 0 Å². The largest absolute Gasteiger partial charge is 0.296 e. The number of ketones is 1. The van der Waals surface area contributed by atoms with Crippen LogP contribution in [0, 0.1) is 0 Å². The first kappa shape index (κ1) is 14.2. The summed E-state index contributed by atoms with van der Waals surface area (Å²) < 4.78 is 0. The molecule has 0 aliphatic heterocycles. The summed E-state index contributed by atoms with van der Waals surface area (Å²) in [5.41, 5.74) is 0.688. The lowest BCUT2D eigenvalue weighted by Crippen LogP contribution is -2.33. The molecule has 0 bridgehead atoms. The van der Waals surface area contributed by atoms with Crippen LogP contribution in [0.15, 0.2) is 24.3 Å². The molecule has 0 aliphatic carbocycles. The zero-order valence-electron chi connectivity index (χ0n) is 10.7. The van der Waals surface area contributed by atoms with Crippen LogP contribution < -0.4 is 0 Å². The number of hydrogen-bond acceptors (Lipinski definition) is 2. The average molecular weight is 254 g/mol. The van der Waals surface area contributed by atoms with Gasteiger partial charge in [0.15, 0.2) is 5.78 Å². The molecule has 0 fully saturated rings. The molecular formula is C14H20ClNO. The first-order chi connectivity index (χ1) is 8.04. The van der Waals surface area contributed by atoms with Crippen LogP contribution in [0.2, 0.25) is 5.02 Å². The number of hydrogen-bond donors (Lipinski definition) is 0. The van der Waals surface area contributed by atoms with E-state index in [9.17, 15) is 4.79 Å². The van der Waals surface area contributed by atoms with E-state index in [4.69, 9.17) is 11.6 Å². The highest BCUT2D eigenvalue weighted by molar-refractivity contribution is 6.31. The number of Topliss-reactive ketones (excluding diaryl/α,β-unsaturated/α-hetero) is 1. The van der Waals surface area contributed by atoms with Gasteiger partial charge in [0.25, 0.3) is 0 Å². The molecule has 0 saturated carbocycles. The first-order valence-corrected chi connectivity index (χ1v) is 6.41. The Kier molecular flexibility index (Phi) is 5.66. The zero-order valence-corrected chi connectivity index (χ0v) is 11.5. The zero-order chi connectivity index (χ0) is 12.8. The minimum absolute atomic E-state index is 0.123. The van der Waals surface area contributed by atoms with Crippen LogP contribution >= 0.6 is 11.6 Å². The Balaban J connectivity index is 2.60. The summed E-state index contributed by atoms with van der Waals surface area (Å²) >= 11 is 5.87. The molecule has 0 spiro atoms. The van der Waals surface area contributed by atoms with Gasteiger partial charge in [-0.1, -0.05) is 37.1 Å². The van der Waals surface area contributed by atoms with Crippen molar-refractivity contribution >= 4 is 17.4 Å². The number of benzene rings is 1. The van der Waals surface area contributed by atoms with Crippen LogP contribution in [0.3, 0.4) is 0 Å². The van der Waals surface area contributed by atoms with E-state index >= 15 is 0 Å². The number of nitrogens with zero attached hydrogens (tertiary/aromatic N) is 1. The molecule has 0 radical (unpaired) electrons. The Hall–Kier alpha value is -0.860. The van der Waals surface area contributed by atoms with Gasteiger partial charge in [0.05, 0.1) is 6.54 Å². The lowest BCUT2D eigenvalue weighted by molar-refractivity contribution is 0.0921. The molecule has 3 heteroatoms. The fourth-order valence-electron chi connectivity index (χ4n) is 1.77. The monoisotopic (exact) mass is 253 g/mol. The standard InChI is InChI=1S/C14H20ClNO/c1-4-6-11(2)16(3)10-14(17)12-7-5-8-13(15)9-12/h5,7-9,11H,4,6,10H2,1-3H3. The predicted molar refractivity (Wildman–Crippen MR) is 72.8 cm³/mol. The Morgan fingerprint density at radius 3 is 2.76 bits per heavy atom. The molecule has 1 aromatic rings. The van der Waals surface area contributed by atoms with Crippen LogP contribution in [-0.4, -0.2) is 30.3 Å². The fraction of sp³-hybridized carbons (Fsp3) is 0.500. The van der Waals surface area contributed by atoms with E-state index in [2.05, 4.69) is 18.7 Å². The van der Waals surface area contributed by atoms with Crippen LogP contribution in [0.1, 0.15) is 37.0 Å². The summed E-state index contributed by atoms with van der Waals surface area (Å²) in [5.74, 6) is 0.123. The van der Waals surface area contributed by atoms with Gasteiger partial charge in [-0.3, -0.25) is 9.69 Å². The molecule has 0 aliphatic rings. The summed E-state index contributed by atoms with van der Waals surface area (Å²) in [6.45, 7) is 4.75. The normalized spacial score (nSPS) is 12.8. The van der Waals surface area contributed by atoms with Crippen LogP contribution in [0.4, 0.5) is 0 Å². The van der Waals surface area contributed by atoms with Crippen molar-refractivity contribution in [2.45, 2.75) is 32.7 Å². The average Bonchev–Trinajstić information content (AvgIpc) is 2.29. The summed E-state index contributed by atoms with van der Waals surface area (Å²) in [6, 6.07) is 7.56. The quantitative estimate of drug-likeness (QED) is 0.722. The molecule has 0 saturated heterocycles. The molecule has 1 rings (SSSR count). The number of carbonyl (C=O) groups excluding carboxylic acids is 1. The smallest absolute Gasteiger partial charge is 0.176 e. The summed E-state index contributed by atoms with van der Waals surface area (Å²) in [5, 5.41) is 0.611. The van der Waals surface area contributed by atoms with Gasteiger partial charge >= 0.3 is 0 Å². The molecular weight excluding hydrogens is 234 g/mol. The highest BCUT2D eigenvalue weighted by atomic mass is 35.5. The van der Waals surface area contributed by atoms with Crippen molar-refractivity contribution in [2.24, 2.45) is 0 Å². The van der Waals surface area contributed by atoms with Gasteiger partial charge in [0.2, 0.25) is 0 Å². The van der Waals surface area contributed by atoms with E-state index in [1.807, 2.05) is 19.2 Å². The second-order valence-electron chi connectivity index (χ2n) is 4.49. The molecule has 0 heterocycles. The Morgan fingerprint density at radius 2 is 2.18 bits per heavy atom. The number of likely N-dealkylation sites (N-methyl/N-ethyl adjacent to an activating group) is 1. The van der Waals surface area contributed by atoms with E-state index in [0.717, 1.165) is 12.8 Å². The van der Waals surface area contributed by atoms with Gasteiger partial charge < -0.3 is 0 Å². The van der Waals surface area contributed by atoms with Crippen molar-refractivity contribution in [2.75, 3.05) is 13.6 Å². The molecule has 1 unspecified atom stereocenters. The highest BCUT2D eigenvalue weighted by Crippen LogP contribution is 2.12. The van der Waals surface area contributed by atoms with Gasteiger partial charge in [-0.15, -0.1) is 0 Å². The number of halogens is 1. The highest BCUT2D eigenvalue weighted by Gasteiger charge is 2.13. The van der Waals surface area contributed by atoms with Crippen molar-refractivity contribution in [3.63, 3.8) is 0 Å². The Morgan fingerprint density at radius 1 is 1.47 bits per heavy atom. The Bertz CT molecular complexity index is 378. The van der Waals surface area contributed by atoms with Crippen molar-refractivity contribution in [1.82, 2.24) is 4.90 Å². The molecule has 1 aromatic carbocycles. The topological polar surface area (TPSA) is 20.3 Å². The van der Waals surface area contributed by atoms with Crippen molar-refractivity contribution in [3.05, 3.63) is 34.9 Å². The van der Waals surface area contributed by atoms with E-state index in [0.29, 0.717) is 23.2 Å². The van der Waals surface area contributed by atoms with E-state index in [1.54, 1.807) is 12.1 Å². The van der Waals surface area contributed by atoms with E-state index in [1.165, 1.54) is 0 Å². The van der Waals surface area contributed by atoms with Crippen LogP contribution in [-0.2, 0) is 0 Å². The third kappa shape index (κ3) is 4.49. The summed E-state index contributed by atoms with van der Waals surface area (Å²) in [4.78, 5) is 14.1. The van der Waals surface area contributed by atoms with Crippen molar-refractivity contribution < 1.29 is 4.79 Å². The Labute approximate surface area is 109 Å². The maximum atomic E-state index is 12.0. The number of rotatable bonds is 6. The van der Waals surface area contributed by atoms with Crippen molar-refractivity contribution in [3.8, 4) is 0 Å². The minimum atomic E-state index is 0.123. The second-order valence-corrected chi connectivity index (χ2v) is 4.92. The lowest BCUT2D eigenvalue weighted by Gasteiger charge is -2.23. The molecule has 2 nitrogen and oxygen atoms in total. The predicted octanol–water partition coefficient (Wildman–Crippen LogP) is 3.64. The third-order valence-electron chi connectivity index (χ3n) is 3.00. The van der Waals surface area contributed by atoms with E-state index in [-0.39, 0.29) is 5.78 Å². The molecule has 0 amide bonds. The summed E-state index contributed by atoms with van der Waals surface area (Å²) in [7, 11) is 1.99.